The second-order valence-corrected chi connectivity index (χ2v) is 4.76. The number of nitrogens with zero attached hydrogens (tertiary/aromatic N) is 1. The Morgan fingerprint density at radius 1 is 1.26 bits per heavy atom. The highest BCUT2D eigenvalue weighted by atomic mass is 16.2. The number of aldehydes is 1. The van der Waals surface area contributed by atoms with Crippen molar-refractivity contribution >= 4 is 12.2 Å². The van der Waals surface area contributed by atoms with Gasteiger partial charge in [-0.15, -0.1) is 0 Å². The molecule has 1 amide bonds. The summed E-state index contributed by atoms with van der Waals surface area (Å²) in [5.74, 6) is 0.148. The first kappa shape index (κ1) is 15.4. The van der Waals surface area contributed by atoms with Crippen molar-refractivity contribution < 1.29 is 9.59 Å². The molecule has 0 spiro atoms. The smallest absolute Gasteiger partial charge is 0.219 e. The minimum absolute atomic E-state index is 0.148. The Balaban J connectivity index is 0.000000550. The summed E-state index contributed by atoms with van der Waals surface area (Å²) in [5.41, 5.74) is 7.33. The van der Waals surface area contributed by atoms with Crippen LogP contribution >= 0.6 is 0 Å². The molecule has 2 rings (SSSR count). The van der Waals surface area contributed by atoms with E-state index in [4.69, 9.17) is 10.5 Å². The van der Waals surface area contributed by atoms with Gasteiger partial charge in [0, 0.05) is 25.6 Å². The number of benzene rings is 1. The summed E-state index contributed by atoms with van der Waals surface area (Å²) in [6.45, 7) is 4.59. The molecule has 104 valence electrons. The summed E-state index contributed by atoms with van der Waals surface area (Å²) in [7, 11) is 0. The summed E-state index contributed by atoms with van der Waals surface area (Å²) in [5, 5.41) is 0. The highest BCUT2D eigenvalue weighted by Crippen LogP contribution is 2.29. The van der Waals surface area contributed by atoms with Crippen molar-refractivity contribution in [1.29, 1.82) is 0 Å². The number of amides is 1. The molecule has 0 atom stereocenters. The Labute approximate surface area is 114 Å². The van der Waals surface area contributed by atoms with Gasteiger partial charge in [0.15, 0.2) is 0 Å². The van der Waals surface area contributed by atoms with Crippen LogP contribution in [0.25, 0.3) is 0 Å². The van der Waals surface area contributed by atoms with Gasteiger partial charge < -0.3 is 15.4 Å². The Kier molecular flexibility index (Phi) is 5.70. The van der Waals surface area contributed by atoms with Gasteiger partial charge in [-0.1, -0.05) is 30.3 Å². The van der Waals surface area contributed by atoms with Gasteiger partial charge in [0.25, 0.3) is 0 Å². The molecule has 0 radical (unpaired) electrons. The van der Waals surface area contributed by atoms with Gasteiger partial charge >= 0.3 is 0 Å². The molecule has 1 saturated heterocycles. The molecule has 2 N–H and O–H groups in total. The van der Waals surface area contributed by atoms with Crippen LogP contribution in [0.1, 0.15) is 32.3 Å². The number of carbonyl (C=O) groups is 2. The maximum atomic E-state index is 11.2. The minimum Gasteiger partial charge on any atom is -0.343 e. The van der Waals surface area contributed by atoms with E-state index in [9.17, 15) is 4.79 Å². The predicted molar refractivity (Wildman–Crippen MR) is 75.5 cm³/mol. The van der Waals surface area contributed by atoms with Gasteiger partial charge in [0.2, 0.25) is 5.91 Å². The molecule has 1 aromatic carbocycles. The van der Waals surface area contributed by atoms with E-state index >= 15 is 0 Å². The number of rotatable bonds is 1. The maximum Gasteiger partial charge on any atom is 0.219 e. The van der Waals surface area contributed by atoms with E-state index in [2.05, 4.69) is 12.1 Å². The molecule has 1 aliphatic rings. The zero-order valence-electron chi connectivity index (χ0n) is 11.6. The SMILES string of the molecule is CC(=O)N1CCC(N)(c2ccccc2)CC1.CC=O. The summed E-state index contributed by atoms with van der Waals surface area (Å²) >= 11 is 0. The molecular weight excluding hydrogens is 240 g/mol. The average molecular weight is 262 g/mol. The van der Waals surface area contributed by atoms with Crippen LogP contribution in [0, 0.1) is 0 Å². The first-order valence-electron chi connectivity index (χ1n) is 6.53. The van der Waals surface area contributed by atoms with Crippen molar-refractivity contribution in [1.82, 2.24) is 4.90 Å². The fourth-order valence-electron chi connectivity index (χ4n) is 2.28. The van der Waals surface area contributed by atoms with E-state index in [1.807, 2.05) is 23.1 Å². The molecule has 1 aliphatic heterocycles. The lowest BCUT2D eigenvalue weighted by Crippen LogP contribution is -2.49. The molecule has 4 nitrogen and oxygen atoms in total. The van der Waals surface area contributed by atoms with Crippen LogP contribution < -0.4 is 5.73 Å². The topological polar surface area (TPSA) is 63.4 Å². The number of hydrogen-bond acceptors (Lipinski definition) is 3. The molecule has 1 aromatic rings. The van der Waals surface area contributed by atoms with Crippen molar-refractivity contribution in [3.8, 4) is 0 Å². The molecule has 0 unspecified atom stereocenters. The summed E-state index contributed by atoms with van der Waals surface area (Å²) in [4.78, 5) is 21.9. The van der Waals surface area contributed by atoms with Crippen LogP contribution in [0.4, 0.5) is 0 Å². The highest BCUT2D eigenvalue weighted by Gasteiger charge is 2.32. The van der Waals surface area contributed by atoms with Crippen LogP contribution in [0.2, 0.25) is 0 Å². The van der Waals surface area contributed by atoms with Gasteiger partial charge in [-0.25, -0.2) is 0 Å². The van der Waals surface area contributed by atoms with E-state index in [0.29, 0.717) is 0 Å². The molecule has 0 aliphatic carbocycles. The monoisotopic (exact) mass is 262 g/mol. The zero-order valence-corrected chi connectivity index (χ0v) is 11.6. The summed E-state index contributed by atoms with van der Waals surface area (Å²) in [6, 6.07) is 10.2. The van der Waals surface area contributed by atoms with Gasteiger partial charge in [-0.3, -0.25) is 4.79 Å². The second kappa shape index (κ2) is 7.04. The van der Waals surface area contributed by atoms with E-state index in [-0.39, 0.29) is 11.4 Å². The van der Waals surface area contributed by atoms with Gasteiger partial charge in [-0.05, 0) is 25.3 Å². The van der Waals surface area contributed by atoms with E-state index in [1.165, 1.54) is 12.5 Å². The normalized spacial score (nSPS) is 17.1. The molecule has 1 heterocycles. The van der Waals surface area contributed by atoms with Crippen LogP contribution in [-0.2, 0) is 15.1 Å². The molecule has 1 fully saturated rings. The van der Waals surface area contributed by atoms with Crippen molar-refractivity contribution in [2.75, 3.05) is 13.1 Å². The van der Waals surface area contributed by atoms with Crippen molar-refractivity contribution in [3.05, 3.63) is 35.9 Å². The number of carbonyl (C=O) groups excluding carboxylic acids is 2. The lowest BCUT2D eigenvalue weighted by Gasteiger charge is -2.39. The number of piperidine rings is 1. The van der Waals surface area contributed by atoms with E-state index in [1.54, 1.807) is 6.92 Å². The van der Waals surface area contributed by atoms with Crippen LogP contribution in [0.3, 0.4) is 0 Å². The molecule has 0 saturated carbocycles. The number of hydrogen-bond donors (Lipinski definition) is 1. The van der Waals surface area contributed by atoms with Crippen molar-refractivity contribution in [3.63, 3.8) is 0 Å². The molecular formula is C15H22N2O2. The zero-order chi connectivity index (χ0) is 14.3. The highest BCUT2D eigenvalue weighted by molar-refractivity contribution is 5.73. The Bertz CT molecular complexity index is 409. The quantitative estimate of drug-likeness (QED) is 0.783. The third-order valence-electron chi connectivity index (χ3n) is 3.45. The summed E-state index contributed by atoms with van der Waals surface area (Å²) < 4.78 is 0. The van der Waals surface area contributed by atoms with Crippen LogP contribution in [0.5, 0.6) is 0 Å². The van der Waals surface area contributed by atoms with E-state index in [0.717, 1.165) is 32.2 Å². The fraction of sp³-hybridized carbons (Fsp3) is 0.467. The van der Waals surface area contributed by atoms with Crippen LogP contribution in [0.15, 0.2) is 30.3 Å². The molecule has 19 heavy (non-hydrogen) atoms. The van der Waals surface area contributed by atoms with Gasteiger partial charge in [0.1, 0.15) is 6.29 Å². The Hall–Kier alpha value is -1.68. The first-order valence-corrected chi connectivity index (χ1v) is 6.53. The maximum absolute atomic E-state index is 11.2. The largest absolute Gasteiger partial charge is 0.343 e. The fourth-order valence-corrected chi connectivity index (χ4v) is 2.28. The standard InChI is InChI=1S/C13H18N2O.C2H4O/c1-11(16)15-9-7-13(14,8-10-15)12-5-3-2-4-6-12;1-2-3/h2-6H,7-10,14H2,1H3;2H,1H3. The lowest BCUT2D eigenvalue weighted by molar-refractivity contribution is -0.130. The van der Waals surface area contributed by atoms with Gasteiger partial charge in [0.05, 0.1) is 0 Å². The molecule has 4 heteroatoms. The third kappa shape index (κ3) is 4.17. The second-order valence-electron chi connectivity index (χ2n) is 4.76. The van der Waals surface area contributed by atoms with Crippen molar-refractivity contribution in [2.45, 2.75) is 32.2 Å². The number of likely N-dealkylation sites (tertiary alicyclic amines) is 1. The first-order chi connectivity index (χ1) is 9.03. The minimum atomic E-state index is -0.257. The third-order valence-corrected chi connectivity index (χ3v) is 3.45. The lowest BCUT2D eigenvalue weighted by atomic mass is 9.82. The summed E-state index contributed by atoms with van der Waals surface area (Å²) in [6.07, 6.45) is 2.44. The molecule has 0 bridgehead atoms. The number of nitrogens with two attached hydrogens (primary N) is 1. The molecule has 0 aromatic heterocycles. The Morgan fingerprint density at radius 2 is 1.74 bits per heavy atom. The van der Waals surface area contributed by atoms with Crippen LogP contribution in [-0.4, -0.2) is 30.2 Å². The van der Waals surface area contributed by atoms with Gasteiger partial charge in [-0.2, -0.15) is 0 Å². The average Bonchev–Trinajstić information content (AvgIpc) is 2.41. The van der Waals surface area contributed by atoms with Crippen molar-refractivity contribution in [2.24, 2.45) is 5.73 Å². The van der Waals surface area contributed by atoms with E-state index < -0.39 is 0 Å². The predicted octanol–water partition coefficient (Wildman–Crippen LogP) is 1.69. The Morgan fingerprint density at radius 3 is 2.16 bits per heavy atom.